The Labute approximate surface area is 191 Å². The van der Waals surface area contributed by atoms with E-state index in [-0.39, 0.29) is 56.4 Å². The minimum atomic E-state index is 0. The normalized spacial score (nSPS) is 9.31. The molecular weight excluding hydrogens is 438 g/mol. The van der Waals surface area contributed by atoms with E-state index in [1.165, 1.54) is 33.0 Å². The minimum Gasteiger partial charge on any atom is -1.00 e. The number of hydrogen-bond donors (Lipinski definition) is 0. The van der Waals surface area contributed by atoms with Crippen LogP contribution in [0.2, 0.25) is 0 Å². The molecule has 0 aliphatic rings. The van der Waals surface area contributed by atoms with Crippen LogP contribution in [-0.2, 0) is 31.6 Å². The maximum atomic E-state index is 3.00. The molecule has 0 N–H and O–H groups in total. The standard InChI is InChI=1S/C14H17.C7H9.C2H4.2ClH.Zr/c1-10-9-11-7-5-6-8-12(11)13(10)14(2,3)4;1-6-3-4-7(2)5-6;1-2;;;/h5-9H,1-4H3;3-5H,1-2H3;1-2H2;2*1H;/q2*-1;;;;+4/p-2. The van der Waals surface area contributed by atoms with Crippen molar-refractivity contribution in [2.45, 2.75) is 47.0 Å². The largest absolute Gasteiger partial charge is 4.00 e. The second-order valence-corrected chi connectivity index (χ2v) is 7.01. The maximum Gasteiger partial charge on any atom is 4.00 e. The molecule has 0 radical (unpaired) electrons. The van der Waals surface area contributed by atoms with Crippen molar-refractivity contribution in [3.63, 3.8) is 0 Å². The van der Waals surface area contributed by atoms with Gasteiger partial charge in [0.05, 0.1) is 0 Å². The number of benzene rings is 1. The molecule has 3 heteroatoms. The van der Waals surface area contributed by atoms with E-state index in [0.717, 1.165) is 0 Å². The molecule has 3 aromatic carbocycles. The molecule has 0 spiro atoms. The van der Waals surface area contributed by atoms with E-state index in [9.17, 15) is 0 Å². The number of fused-ring (bicyclic) bond motifs is 1. The molecule has 0 saturated carbocycles. The van der Waals surface area contributed by atoms with E-state index in [0.29, 0.717) is 0 Å². The zero-order chi connectivity index (χ0) is 17.6. The molecule has 0 aliphatic heterocycles. The SMILES string of the molecule is C=C.Cc1[cH-]c2ccccc2c1C(C)(C)C.Cc1c[cH-]c(C)c1.[Cl-].[Cl-].[Zr+4]. The summed E-state index contributed by atoms with van der Waals surface area (Å²) in [6.07, 6.45) is 0. The van der Waals surface area contributed by atoms with Crippen LogP contribution < -0.4 is 24.8 Å². The molecule has 0 aliphatic carbocycles. The first-order valence-electron chi connectivity index (χ1n) is 8.14. The molecule has 3 rings (SSSR count). The van der Waals surface area contributed by atoms with Crippen LogP contribution in [0.25, 0.3) is 10.8 Å². The summed E-state index contributed by atoms with van der Waals surface area (Å²) >= 11 is 0. The Morgan fingerprint density at radius 1 is 0.923 bits per heavy atom. The second-order valence-electron chi connectivity index (χ2n) is 7.01. The molecule has 3 aromatic rings. The Morgan fingerprint density at radius 2 is 1.46 bits per heavy atom. The van der Waals surface area contributed by atoms with Gasteiger partial charge in [-0.25, -0.2) is 11.6 Å². The van der Waals surface area contributed by atoms with Gasteiger partial charge in [-0.05, 0) is 0 Å². The van der Waals surface area contributed by atoms with Gasteiger partial charge in [0.25, 0.3) is 0 Å². The van der Waals surface area contributed by atoms with Gasteiger partial charge in [-0.2, -0.15) is 17.7 Å². The van der Waals surface area contributed by atoms with Crippen LogP contribution in [0.5, 0.6) is 0 Å². The number of halogens is 2. The predicted molar refractivity (Wildman–Crippen MR) is 106 cm³/mol. The molecule has 0 aromatic heterocycles. The summed E-state index contributed by atoms with van der Waals surface area (Å²) in [6.45, 7) is 19.3. The third kappa shape index (κ3) is 8.38. The van der Waals surface area contributed by atoms with Crippen molar-refractivity contribution in [3.8, 4) is 0 Å². The summed E-state index contributed by atoms with van der Waals surface area (Å²) in [7, 11) is 0. The van der Waals surface area contributed by atoms with E-state index >= 15 is 0 Å². The fourth-order valence-corrected chi connectivity index (χ4v) is 3.08. The monoisotopic (exact) mass is 466 g/mol. The topological polar surface area (TPSA) is 0 Å². The summed E-state index contributed by atoms with van der Waals surface area (Å²) in [4.78, 5) is 0. The average molecular weight is 469 g/mol. The van der Waals surface area contributed by atoms with Crippen molar-refractivity contribution < 1.29 is 51.0 Å². The summed E-state index contributed by atoms with van der Waals surface area (Å²) in [6, 6.07) is 17.3. The van der Waals surface area contributed by atoms with Gasteiger partial charge < -0.3 is 24.8 Å². The summed E-state index contributed by atoms with van der Waals surface area (Å²) in [5, 5.41) is 2.78. The zero-order valence-corrected chi connectivity index (χ0v) is 20.8. The van der Waals surface area contributed by atoms with Crippen LogP contribution >= 0.6 is 0 Å². The van der Waals surface area contributed by atoms with Crippen molar-refractivity contribution in [2.24, 2.45) is 0 Å². The smallest absolute Gasteiger partial charge is 1.00 e. The molecule has 0 atom stereocenters. The molecule has 0 fully saturated rings. The fraction of sp³-hybridized carbons (Fsp3) is 0.304. The fourth-order valence-electron chi connectivity index (χ4n) is 3.08. The molecule has 0 heterocycles. The molecule has 0 unspecified atom stereocenters. The number of rotatable bonds is 0. The van der Waals surface area contributed by atoms with Crippen LogP contribution in [0, 0.1) is 20.8 Å². The van der Waals surface area contributed by atoms with Crippen molar-refractivity contribution in [3.05, 3.63) is 83.9 Å². The van der Waals surface area contributed by atoms with Gasteiger partial charge >= 0.3 is 26.2 Å². The van der Waals surface area contributed by atoms with Crippen molar-refractivity contribution in [1.29, 1.82) is 0 Å². The van der Waals surface area contributed by atoms with Crippen LogP contribution in [0.4, 0.5) is 0 Å². The average Bonchev–Trinajstić information content (AvgIpc) is 3.02. The van der Waals surface area contributed by atoms with Gasteiger partial charge in [0.1, 0.15) is 0 Å². The van der Waals surface area contributed by atoms with Gasteiger partial charge in [0.2, 0.25) is 0 Å². The predicted octanol–water partition coefficient (Wildman–Crippen LogP) is 0.995. The third-order valence-electron chi connectivity index (χ3n) is 3.81. The molecule has 140 valence electrons. The van der Waals surface area contributed by atoms with E-state index in [2.05, 4.69) is 103 Å². The zero-order valence-electron chi connectivity index (χ0n) is 16.8. The van der Waals surface area contributed by atoms with Crippen molar-refractivity contribution in [1.82, 2.24) is 0 Å². The number of hydrogen-bond acceptors (Lipinski definition) is 0. The first kappa shape index (κ1) is 30.1. The van der Waals surface area contributed by atoms with Gasteiger partial charge in [0.15, 0.2) is 0 Å². The van der Waals surface area contributed by atoms with E-state index in [1.54, 1.807) is 0 Å². The summed E-state index contributed by atoms with van der Waals surface area (Å²) < 4.78 is 0. The van der Waals surface area contributed by atoms with E-state index in [4.69, 9.17) is 0 Å². The first-order chi connectivity index (χ1) is 10.8. The van der Waals surface area contributed by atoms with Crippen LogP contribution in [0.15, 0.2) is 61.7 Å². The Balaban J connectivity index is -0.000000382. The van der Waals surface area contributed by atoms with Gasteiger partial charge in [-0.3, -0.25) is 0 Å². The number of aryl methyl sites for hydroxylation is 3. The second kappa shape index (κ2) is 13.5. The molecule has 0 amide bonds. The Bertz CT molecular complexity index is 728. The summed E-state index contributed by atoms with van der Waals surface area (Å²) in [5.41, 5.74) is 5.87. The Morgan fingerprint density at radius 3 is 1.85 bits per heavy atom. The summed E-state index contributed by atoms with van der Waals surface area (Å²) in [5.74, 6) is 0. The molecular formula is C23H30Cl2Zr. The molecule has 0 nitrogen and oxygen atoms in total. The van der Waals surface area contributed by atoms with Gasteiger partial charge in [0, 0.05) is 0 Å². The van der Waals surface area contributed by atoms with Crippen molar-refractivity contribution >= 4 is 10.8 Å². The molecule has 0 saturated heterocycles. The molecule has 0 bridgehead atoms. The first-order valence-corrected chi connectivity index (χ1v) is 8.14. The van der Waals surface area contributed by atoms with E-state index in [1.807, 2.05) is 0 Å². The quantitative estimate of drug-likeness (QED) is 0.341. The minimum absolute atomic E-state index is 0. The van der Waals surface area contributed by atoms with Gasteiger partial charge in [-0.15, -0.1) is 59.3 Å². The van der Waals surface area contributed by atoms with Crippen molar-refractivity contribution in [2.75, 3.05) is 0 Å². The van der Waals surface area contributed by atoms with Gasteiger partial charge in [-0.1, -0.05) is 53.0 Å². The third-order valence-corrected chi connectivity index (χ3v) is 3.81. The maximum absolute atomic E-state index is 3.00. The molecule has 26 heavy (non-hydrogen) atoms. The Hall–Kier alpha value is -0.617. The van der Waals surface area contributed by atoms with Crippen LogP contribution in [0.1, 0.15) is 43.0 Å². The van der Waals surface area contributed by atoms with Crippen LogP contribution in [-0.4, -0.2) is 0 Å². The Kier molecular flexibility index (Phi) is 15.7. The van der Waals surface area contributed by atoms with Crippen LogP contribution in [0.3, 0.4) is 0 Å². The van der Waals surface area contributed by atoms with E-state index < -0.39 is 0 Å².